The van der Waals surface area contributed by atoms with Gasteiger partial charge in [0.1, 0.15) is 6.17 Å². The Balaban J connectivity index is 1.68. The first-order valence-corrected chi connectivity index (χ1v) is 7.60. The largest absolute Gasteiger partial charge is 0.359 e. The second-order valence-corrected chi connectivity index (χ2v) is 5.85. The van der Waals surface area contributed by atoms with Crippen molar-refractivity contribution in [2.75, 3.05) is 16.0 Å². The molecule has 2 atom stereocenters. The lowest BCUT2D eigenvalue weighted by molar-refractivity contribution is 0.870. The molecular weight excluding hydrogens is 280 g/mol. The van der Waals surface area contributed by atoms with E-state index >= 15 is 0 Å². The molecule has 0 bridgehead atoms. The van der Waals surface area contributed by atoms with Crippen LogP contribution in [-0.4, -0.2) is 9.97 Å². The Morgan fingerprint density at radius 3 is 2.67 bits per heavy atom. The Kier molecular flexibility index (Phi) is 2.82. The van der Waals surface area contributed by atoms with Crippen molar-refractivity contribution < 1.29 is 0 Å². The molecule has 3 N–H and O–H groups in total. The number of thiocarbonyl (C=S) groups is 1. The van der Waals surface area contributed by atoms with Crippen LogP contribution in [0.4, 0.5) is 17.1 Å². The van der Waals surface area contributed by atoms with Gasteiger partial charge in [-0.2, -0.15) is 0 Å². The van der Waals surface area contributed by atoms with Crippen molar-refractivity contribution in [1.29, 1.82) is 0 Å². The van der Waals surface area contributed by atoms with Crippen LogP contribution in [0.15, 0.2) is 36.5 Å². The first-order valence-electron chi connectivity index (χ1n) is 7.19. The van der Waals surface area contributed by atoms with E-state index in [2.05, 4.69) is 40.0 Å². The first kappa shape index (κ1) is 12.6. The minimum absolute atomic E-state index is 0.0238. The summed E-state index contributed by atoms with van der Waals surface area (Å²) in [6.45, 7) is 2.17. The Morgan fingerprint density at radius 1 is 1.14 bits per heavy atom. The van der Waals surface area contributed by atoms with Crippen molar-refractivity contribution in [2.45, 2.75) is 25.4 Å². The van der Waals surface area contributed by atoms with Gasteiger partial charge in [-0.15, -0.1) is 0 Å². The van der Waals surface area contributed by atoms with Gasteiger partial charge in [0.2, 0.25) is 0 Å². The third-order valence-electron chi connectivity index (χ3n) is 4.13. The molecule has 3 heterocycles. The molecule has 2 aliphatic rings. The predicted octanol–water partition coefficient (Wildman–Crippen LogP) is 3.86. The zero-order valence-electron chi connectivity index (χ0n) is 11.7. The summed E-state index contributed by atoms with van der Waals surface area (Å²) in [5.74, 6) is 0.330. The maximum atomic E-state index is 5.42. The van der Waals surface area contributed by atoms with E-state index in [1.807, 2.05) is 24.4 Å². The number of nitrogens with zero attached hydrogens (tertiary/aromatic N) is 1. The number of anilines is 3. The molecule has 2 aliphatic heterocycles. The molecule has 2 aromatic rings. The lowest BCUT2D eigenvalue weighted by Gasteiger charge is -2.11. The second-order valence-electron chi connectivity index (χ2n) is 5.41. The Hall–Kier alpha value is -2.14. The van der Waals surface area contributed by atoms with Gasteiger partial charge in [-0.1, -0.05) is 25.2 Å². The predicted molar refractivity (Wildman–Crippen MR) is 89.9 cm³/mol. The number of nitrogens with one attached hydrogen (secondary N) is 3. The van der Waals surface area contributed by atoms with Gasteiger partial charge in [0.15, 0.2) is 0 Å². The van der Waals surface area contributed by atoms with Crippen molar-refractivity contribution in [1.82, 2.24) is 4.98 Å². The molecule has 0 spiro atoms. The fourth-order valence-corrected chi connectivity index (χ4v) is 3.46. The van der Waals surface area contributed by atoms with E-state index in [0.717, 1.165) is 34.2 Å². The summed E-state index contributed by atoms with van der Waals surface area (Å²) in [5.41, 5.74) is 5.62. The van der Waals surface area contributed by atoms with E-state index in [0.29, 0.717) is 5.92 Å². The summed E-state index contributed by atoms with van der Waals surface area (Å²) < 4.78 is 0. The van der Waals surface area contributed by atoms with Crippen LogP contribution < -0.4 is 16.0 Å². The van der Waals surface area contributed by atoms with Crippen LogP contribution in [0.25, 0.3) is 0 Å². The molecule has 4 nitrogen and oxygen atoms in total. The van der Waals surface area contributed by atoms with Gasteiger partial charge in [-0.3, -0.25) is 4.98 Å². The molecule has 0 saturated carbocycles. The van der Waals surface area contributed by atoms with Gasteiger partial charge in [0.05, 0.1) is 22.1 Å². The van der Waals surface area contributed by atoms with E-state index in [9.17, 15) is 0 Å². The summed E-state index contributed by atoms with van der Waals surface area (Å²) in [7, 11) is 0. The highest BCUT2D eigenvalue weighted by molar-refractivity contribution is 7.80. The Bertz CT molecular complexity index is 714. The molecule has 0 amide bonds. The lowest BCUT2D eigenvalue weighted by Crippen LogP contribution is -2.13. The van der Waals surface area contributed by atoms with Crippen molar-refractivity contribution in [2.24, 2.45) is 0 Å². The van der Waals surface area contributed by atoms with Crippen LogP contribution in [0.3, 0.4) is 0 Å². The number of aromatic nitrogens is 1. The number of benzene rings is 1. The third kappa shape index (κ3) is 1.96. The van der Waals surface area contributed by atoms with Crippen molar-refractivity contribution in [3.8, 4) is 0 Å². The monoisotopic (exact) mass is 296 g/mol. The minimum atomic E-state index is 0.0238. The molecule has 0 fully saturated rings. The lowest BCUT2D eigenvalue weighted by atomic mass is 9.98. The molecule has 0 aliphatic carbocycles. The van der Waals surface area contributed by atoms with Crippen LogP contribution in [0.1, 0.15) is 36.7 Å². The van der Waals surface area contributed by atoms with Gasteiger partial charge in [-0.05, 0) is 36.2 Å². The highest BCUT2D eigenvalue weighted by atomic mass is 32.1. The van der Waals surface area contributed by atoms with Gasteiger partial charge in [-0.25, -0.2) is 0 Å². The zero-order chi connectivity index (χ0) is 14.4. The zero-order valence-corrected chi connectivity index (χ0v) is 12.5. The van der Waals surface area contributed by atoms with Gasteiger partial charge in [0.25, 0.3) is 0 Å². The maximum Gasteiger partial charge on any atom is 0.141 e. The number of rotatable bonds is 2. The Morgan fingerprint density at radius 2 is 1.95 bits per heavy atom. The third-order valence-corrected chi connectivity index (χ3v) is 4.52. The highest BCUT2D eigenvalue weighted by Gasteiger charge is 2.30. The summed E-state index contributed by atoms with van der Waals surface area (Å²) in [4.78, 5) is 5.33. The molecule has 21 heavy (non-hydrogen) atoms. The van der Waals surface area contributed by atoms with Crippen LogP contribution >= 0.6 is 12.2 Å². The van der Waals surface area contributed by atoms with E-state index in [1.54, 1.807) is 0 Å². The summed E-state index contributed by atoms with van der Waals surface area (Å²) in [6, 6.07) is 10.3. The van der Waals surface area contributed by atoms with Crippen LogP contribution in [0, 0.1) is 0 Å². The average molecular weight is 296 g/mol. The average Bonchev–Trinajstić information content (AvgIpc) is 3.04. The molecule has 2 unspecified atom stereocenters. The summed E-state index contributed by atoms with van der Waals surface area (Å²) in [5, 5.41) is 10.3. The Labute approximate surface area is 129 Å². The molecule has 1 aromatic carbocycles. The van der Waals surface area contributed by atoms with Crippen molar-refractivity contribution in [3.05, 3.63) is 47.8 Å². The molecule has 106 valence electrons. The fourth-order valence-electron chi connectivity index (χ4n) is 3.06. The molecule has 0 radical (unpaired) electrons. The summed E-state index contributed by atoms with van der Waals surface area (Å²) in [6.07, 6.45) is 2.86. The van der Waals surface area contributed by atoms with E-state index in [-0.39, 0.29) is 6.17 Å². The van der Waals surface area contributed by atoms with Gasteiger partial charge in [0, 0.05) is 17.8 Å². The molecular formula is C16H16N4S. The molecule has 1 aromatic heterocycles. The SMILES string of the molecule is CCC1C(=S)Nc2cc3c(cc21)NC(c1ccccn1)N3. The van der Waals surface area contributed by atoms with Crippen LogP contribution in [-0.2, 0) is 0 Å². The van der Waals surface area contributed by atoms with Gasteiger partial charge >= 0.3 is 0 Å². The maximum absolute atomic E-state index is 5.42. The van der Waals surface area contributed by atoms with E-state index < -0.39 is 0 Å². The van der Waals surface area contributed by atoms with Crippen molar-refractivity contribution in [3.63, 3.8) is 0 Å². The quantitative estimate of drug-likeness (QED) is 0.735. The fraction of sp³-hybridized carbons (Fsp3) is 0.250. The summed E-state index contributed by atoms with van der Waals surface area (Å²) >= 11 is 5.42. The van der Waals surface area contributed by atoms with E-state index in [4.69, 9.17) is 12.2 Å². The second kappa shape index (κ2) is 4.70. The standard InChI is InChI=1S/C16H16N4S/c1-2-9-10-7-13-14(8-12(10)20-16(9)21)19-15(18-13)11-5-3-4-6-17-11/h3-9,15,18-19H,2H2,1H3,(H,20,21). The van der Waals surface area contributed by atoms with Crippen LogP contribution in [0.5, 0.6) is 0 Å². The number of pyridine rings is 1. The van der Waals surface area contributed by atoms with Gasteiger partial charge < -0.3 is 16.0 Å². The molecule has 0 saturated heterocycles. The molecule has 5 heteroatoms. The topological polar surface area (TPSA) is 49.0 Å². The molecule has 4 rings (SSSR count). The number of hydrogen-bond acceptors (Lipinski definition) is 4. The highest BCUT2D eigenvalue weighted by Crippen LogP contribution is 2.44. The van der Waals surface area contributed by atoms with Crippen LogP contribution in [0.2, 0.25) is 0 Å². The number of hydrogen-bond donors (Lipinski definition) is 3. The van der Waals surface area contributed by atoms with Crippen molar-refractivity contribution >= 4 is 34.3 Å². The smallest absolute Gasteiger partial charge is 0.141 e. The minimum Gasteiger partial charge on any atom is -0.359 e. The first-order chi connectivity index (χ1) is 10.3. The number of fused-ring (bicyclic) bond motifs is 2. The van der Waals surface area contributed by atoms with E-state index in [1.165, 1.54) is 5.56 Å². The normalized spacial score (nSPS) is 22.0.